The van der Waals surface area contributed by atoms with E-state index in [-0.39, 0.29) is 0 Å². The molecule has 2 heteroatoms. The molecule has 82 valence electrons. The number of nitrogens with zero attached hydrogens (tertiary/aromatic N) is 2. The van der Waals surface area contributed by atoms with E-state index in [0.717, 1.165) is 6.54 Å². The van der Waals surface area contributed by atoms with Crippen LogP contribution in [0.2, 0.25) is 0 Å². The monoisotopic (exact) mass is 204 g/mol. The van der Waals surface area contributed by atoms with E-state index >= 15 is 0 Å². The van der Waals surface area contributed by atoms with Crippen LogP contribution in [0.3, 0.4) is 0 Å². The maximum atomic E-state index is 2.47. The van der Waals surface area contributed by atoms with Gasteiger partial charge in [-0.15, -0.1) is 0 Å². The molecule has 0 spiro atoms. The number of rotatable bonds is 2. The third-order valence-electron chi connectivity index (χ3n) is 3.38. The summed E-state index contributed by atoms with van der Waals surface area (Å²) in [5.74, 6) is 0. The Hall–Kier alpha value is -1.02. The van der Waals surface area contributed by atoms with Crippen molar-refractivity contribution in [2.24, 2.45) is 0 Å². The van der Waals surface area contributed by atoms with Gasteiger partial charge in [0.15, 0.2) is 0 Å². The predicted octanol–water partition coefficient (Wildman–Crippen LogP) is 2.53. The minimum Gasteiger partial charge on any atom is -0.352 e. The molecule has 2 atom stereocenters. The van der Waals surface area contributed by atoms with Gasteiger partial charge in [0.05, 0.1) is 0 Å². The minimum atomic E-state index is 0.543. The zero-order valence-corrected chi connectivity index (χ0v) is 9.85. The molecule has 1 aromatic heterocycles. The Morgan fingerprint density at radius 2 is 2.00 bits per heavy atom. The first-order valence-corrected chi connectivity index (χ1v) is 5.67. The molecule has 0 fully saturated rings. The highest BCUT2D eigenvalue weighted by molar-refractivity contribution is 5.11. The van der Waals surface area contributed by atoms with Gasteiger partial charge in [-0.1, -0.05) is 11.6 Å². The van der Waals surface area contributed by atoms with Crippen molar-refractivity contribution in [3.63, 3.8) is 0 Å². The van der Waals surface area contributed by atoms with E-state index in [4.69, 9.17) is 0 Å². The zero-order chi connectivity index (χ0) is 10.8. The van der Waals surface area contributed by atoms with Crippen molar-refractivity contribution in [1.29, 1.82) is 0 Å². The maximum absolute atomic E-state index is 2.47. The fourth-order valence-corrected chi connectivity index (χ4v) is 2.34. The molecule has 0 bridgehead atoms. The summed E-state index contributed by atoms with van der Waals surface area (Å²) < 4.78 is 2.25. The molecular formula is C13H20N2. The molecule has 2 heterocycles. The van der Waals surface area contributed by atoms with Crippen LogP contribution < -0.4 is 0 Å². The lowest BCUT2D eigenvalue weighted by Gasteiger charge is -2.36. The van der Waals surface area contributed by atoms with Gasteiger partial charge in [-0.05, 0) is 39.4 Å². The molecule has 0 aromatic carbocycles. The van der Waals surface area contributed by atoms with E-state index in [1.54, 1.807) is 0 Å². The summed E-state index contributed by atoms with van der Waals surface area (Å²) >= 11 is 0. The topological polar surface area (TPSA) is 8.17 Å². The van der Waals surface area contributed by atoms with E-state index in [1.807, 2.05) is 0 Å². The highest BCUT2D eigenvalue weighted by atomic mass is 15.2. The van der Waals surface area contributed by atoms with Crippen molar-refractivity contribution in [1.82, 2.24) is 9.47 Å². The van der Waals surface area contributed by atoms with Crippen molar-refractivity contribution in [2.75, 3.05) is 7.05 Å². The molecule has 0 saturated heterocycles. The van der Waals surface area contributed by atoms with Gasteiger partial charge in [-0.25, -0.2) is 0 Å². The van der Waals surface area contributed by atoms with Crippen LogP contribution in [-0.2, 0) is 6.54 Å². The molecule has 1 aromatic rings. The third-order valence-corrected chi connectivity index (χ3v) is 3.38. The van der Waals surface area contributed by atoms with Gasteiger partial charge in [0, 0.05) is 31.0 Å². The standard InChI is InChI=1S/C13H20N2/c1-11-8-12(2)14(3)13(9-11)10-15-6-4-5-7-15/h4-7,9,12-13H,8,10H2,1-3H3/t12-,13+/m1/s1. The van der Waals surface area contributed by atoms with E-state index in [2.05, 4.69) is 61.0 Å². The second-order valence-corrected chi connectivity index (χ2v) is 4.68. The van der Waals surface area contributed by atoms with Crippen molar-refractivity contribution < 1.29 is 0 Å². The van der Waals surface area contributed by atoms with Gasteiger partial charge in [-0.2, -0.15) is 0 Å². The number of hydrogen-bond donors (Lipinski definition) is 0. The van der Waals surface area contributed by atoms with Crippen molar-refractivity contribution in [3.8, 4) is 0 Å². The summed E-state index contributed by atoms with van der Waals surface area (Å²) in [4.78, 5) is 2.47. The number of aromatic nitrogens is 1. The average Bonchev–Trinajstić information content (AvgIpc) is 2.66. The lowest BCUT2D eigenvalue weighted by Crippen LogP contribution is -2.42. The maximum Gasteiger partial charge on any atom is 0.0460 e. The van der Waals surface area contributed by atoms with Gasteiger partial charge < -0.3 is 4.57 Å². The van der Waals surface area contributed by atoms with E-state index in [1.165, 1.54) is 12.0 Å². The number of likely N-dealkylation sites (N-methyl/N-ethyl adjacent to an activating group) is 1. The van der Waals surface area contributed by atoms with Crippen LogP contribution in [0.1, 0.15) is 20.3 Å². The van der Waals surface area contributed by atoms with Crippen LogP contribution in [-0.4, -0.2) is 28.6 Å². The number of hydrogen-bond acceptors (Lipinski definition) is 1. The van der Waals surface area contributed by atoms with Crippen molar-refractivity contribution in [3.05, 3.63) is 36.2 Å². The average molecular weight is 204 g/mol. The molecule has 2 rings (SSSR count). The smallest absolute Gasteiger partial charge is 0.0460 e. The molecule has 2 nitrogen and oxygen atoms in total. The van der Waals surface area contributed by atoms with Gasteiger partial charge >= 0.3 is 0 Å². The van der Waals surface area contributed by atoms with E-state index in [0.29, 0.717) is 12.1 Å². The summed E-state index contributed by atoms with van der Waals surface area (Å²) in [6.07, 6.45) is 7.88. The normalized spacial score (nSPS) is 27.8. The van der Waals surface area contributed by atoms with Gasteiger partial charge in [0.2, 0.25) is 0 Å². The summed E-state index contributed by atoms with van der Waals surface area (Å²) in [6, 6.07) is 5.38. The Morgan fingerprint density at radius 1 is 1.33 bits per heavy atom. The fourth-order valence-electron chi connectivity index (χ4n) is 2.34. The third kappa shape index (κ3) is 2.32. The zero-order valence-electron chi connectivity index (χ0n) is 9.85. The second kappa shape index (κ2) is 4.23. The first kappa shape index (κ1) is 10.5. The van der Waals surface area contributed by atoms with Gasteiger partial charge in [0.25, 0.3) is 0 Å². The molecule has 0 unspecified atom stereocenters. The van der Waals surface area contributed by atoms with Crippen LogP contribution in [0.15, 0.2) is 36.2 Å². The Balaban J connectivity index is 2.10. The highest BCUT2D eigenvalue weighted by Gasteiger charge is 2.22. The summed E-state index contributed by atoms with van der Waals surface area (Å²) in [5, 5.41) is 0. The van der Waals surface area contributed by atoms with Crippen molar-refractivity contribution >= 4 is 0 Å². The molecule has 0 N–H and O–H groups in total. The molecule has 0 radical (unpaired) electrons. The molecule has 1 aliphatic heterocycles. The first-order valence-electron chi connectivity index (χ1n) is 5.67. The molecule has 15 heavy (non-hydrogen) atoms. The van der Waals surface area contributed by atoms with Gasteiger partial charge in [-0.3, -0.25) is 4.90 Å². The van der Waals surface area contributed by atoms with Crippen LogP contribution >= 0.6 is 0 Å². The summed E-state index contributed by atoms with van der Waals surface area (Å²) in [7, 11) is 2.22. The second-order valence-electron chi connectivity index (χ2n) is 4.68. The first-order chi connectivity index (χ1) is 7.16. The van der Waals surface area contributed by atoms with Crippen LogP contribution in [0.25, 0.3) is 0 Å². The lowest BCUT2D eigenvalue weighted by atomic mass is 9.98. The Kier molecular flexibility index (Phi) is 2.96. The van der Waals surface area contributed by atoms with Crippen LogP contribution in [0, 0.1) is 0 Å². The van der Waals surface area contributed by atoms with E-state index in [9.17, 15) is 0 Å². The Morgan fingerprint density at radius 3 is 2.67 bits per heavy atom. The Bertz CT molecular complexity index is 337. The van der Waals surface area contributed by atoms with Crippen molar-refractivity contribution in [2.45, 2.75) is 38.9 Å². The SMILES string of the molecule is CC1=C[C@@H](Cn2cccc2)N(C)[C@H](C)C1. The highest BCUT2D eigenvalue weighted by Crippen LogP contribution is 2.21. The molecule has 0 aliphatic carbocycles. The predicted molar refractivity (Wildman–Crippen MR) is 63.8 cm³/mol. The minimum absolute atomic E-state index is 0.543. The van der Waals surface area contributed by atoms with E-state index < -0.39 is 0 Å². The van der Waals surface area contributed by atoms with Gasteiger partial charge in [0.1, 0.15) is 0 Å². The van der Waals surface area contributed by atoms with Crippen LogP contribution in [0.4, 0.5) is 0 Å². The molecule has 0 saturated carbocycles. The fraction of sp³-hybridized carbons (Fsp3) is 0.538. The summed E-state index contributed by atoms with van der Waals surface area (Å²) in [5.41, 5.74) is 1.53. The molecule has 0 amide bonds. The Labute approximate surface area is 92.2 Å². The molecular weight excluding hydrogens is 184 g/mol. The summed E-state index contributed by atoms with van der Waals surface area (Å²) in [6.45, 7) is 5.61. The largest absolute Gasteiger partial charge is 0.352 e. The van der Waals surface area contributed by atoms with Crippen LogP contribution in [0.5, 0.6) is 0 Å². The molecule has 1 aliphatic rings. The lowest BCUT2D eigenvalue weighted by molar-refractivity contribution is 0.184. The quantitative estimate of drug-likeness (QED) is 0.672.